The number of rotatable bonds is 10. The van der Waals surface area contributed by atoms with Crippen LogP contribution in [0.25, 0.3) is 0 Å². The highest BCUT2D eigenvalue weighted by Gasteiger charge is 2.31. The smallest absolute Gasteiger partial charge is 0.408 e. The van der Waals surface area contributed by atoms with Crippen molar-refractivity contribution >= 4 is 24.2 Å². The van der Waals surface area contributed by atoms with Gasteiger partial charge in [0.25, 0.3) is 0 Å². The maximum absolute atomic E-state index is 13.0. The summed E-state index contributed by atoms with van der Waals surface area (Å²) in [5.41, 5.74) is 0.829. The highest BCUT2D eigenvalue weighted by molar-refractivity contribution is 5.88. The topological polar surface area (TPSA) is 123 Å². The summed E-state index contributed by atoms with van der Waals surface area (Å²) in [6, 6.07) is 7.50. The molecule has 2 heterocycles. The molecule has 0 saturated carbocycles. The fraction of sp³-hybridized carbons (Fsp3) is 0.565. The molecular formula is C23H31N3O6. The standard InChI is InChI=1S/C23H31N3O6/c27-14-18(12-17-9-10-24-21(17)28)25-22(29)20(13-19-8-4-5-11-31-19)26-23(30)32-15-16-6-2-1-3-7-16/h1-3,6-7,14,17-20H,4-5,8-13,15H2,(H,24,28)(H,25,29)(H,26,30)/t17-,18-,19-,20-/m0/s1. The lowest BCUT2D eigenvalue weighted by Crippen LogP contribution is -2.52. The second-order valence-corrected chi connectivity index (χ2v) is 8.25. The molecule has 9 heteroatoms. The first-order chi connectivity index (χ1) is 15.5. The quantitative estimate of drug-likeness (QED) is 0.469. The Morgan fingerprint density at radius 2 is 1.97 bits per heavy atom. The Kier molecular flexibility index (Phi) is 9.03. The number of carbonyl (C=O) groups is 4. The van der Waals surface area contributed by atoms with Crippen LogP contribution in [0, 0.1) is 5.92 Å². The van der Waals surface area contributed by atoms with E-state index in [-0.39, 0.29) is 37.4 Å². The van der Waals surface area contributed by atoms with Gasteiger partial charge in [-0.15, -0.1) is 0 Å². The molecule has 2 aliphatic rings. The first-order valence-corrected chi connectivity index (χ1v) is 11.2. The normalized spacial score (nSPS) is 22.3. The molecule has 174 valence electrons. The first kappa shape index (κ1) is 23.7. The van der Waals surface area contributed by atoms with Gasteiger partial charge < -0.3 is 30.2 Å². The summed E-state index contributed by atoms with van der Waals surface area (Å²) >= 11 is 0. The Labute approximate surface area is 187 Å². The molecule has 9 nitrogen and oxygen atoms in total. The van der Waals surface area contributed by atoms with Gasteiger partial charge in [0.15, 0.2) is 0 Å². The van der Waals surface area contributed by atoms with Crippen molar-refractivity contribution in [3.8, 4) is 0 Å². The summed E-state index contributed by atoms with van der Waals surface area (Å²) in [7, 11) is 0. The van der Waals surface area contributed by atoms with Gasteiger partial charge in [-0.25, -0.2) is 4.79 Å². The molecule has 0 aliphatic carbocycles. The van der Waals surface area contributed by atoms with Gasteiger partial charge in [0.1, 0.15) is 18.9 Å². The SMILES string of the molecule is O=C[C@H](C[C@@H]1CCNC1=O)NC(=O)[C@H](C[C@@H]1CCCCO1)NC(=O)OCc1ccccc1. The summed E-state index contributed by atoms with van der Waals surface area (Å²) in [5.74, 6) is -0.915. The van der Waals surface area contributed by atoms with Gasteiger partial charge in [0.2, 0.25) is 11.8 Å². The van der Waals surface area contributed by atoms with Crippen molar-refractivity contribution in [1.82, 2.24) is 16.0 Å². The fourth-order valence-corrected chi connectivity index (χ4v) is 4.00. The number of aldehydes is 1. The molecule has 0 bridgehead atoms. The van der Waals surface area contributed by atoms with Crippen molar-refractivity contribution in [3.63, 3.8) is 0 Å². The molecule has 3 N–H and O–H groups in total. The molecule has 2 fully saturated rings. The van der Waals surface area contributed by atoms with E-state index in [2.05, 4.69) is 16.0 Å². The third kappa shape index (κ3) is 7.33. The van der Waals surface area contributed by atoms with Crippen LogP contribution in [-0.4, -0.2) is 55.5 Å². The molecule has 3 amide bonds. The van der Waals surface area contributed by atoms with E-state index >= 15 is 0 Å². The summed E-state index contributed by atoms with van der Waals surface area (Å²) < 4.78 is 11.0. The number of nitrogens with one attached hydrogen (secondary N) is 3. The summed E-state index contributed by atoms with van der Waals surface area (Å²) in [6.45, 7) is 1.26. The van der Waals surface area contributed by atoms with Crippen molar-refractivity contribution < 1.29 is 28.7 Å². The first-order valence-electron chi connectivity index (χ1n) is 11.2. The number of alkyl carbamates (subject to hydrolysis) is 1. The number of hydrogen-bond donors (Lipinski definition) is 3. The highest BCUT2D eigenvalue weighted by Crippen LogP contribution is 2.19. The van der Waals surface area contributed by atoms with Gasteiger partial charge >= 0.3 is 6.09 Å². The Morgan fingerprint density at radius 3 is 2.62 bits per heavy atom. The molecule has 4 atom stereocenters. The molecule has 0 unspecified atom stereocenters. The Bertz CT molecular complexity index is 781. The number of carbonyl (C=O) groups excluding carboxylic acids is 4. The second kappa shape index (κ2) is 12.2. The Morgan fingerprint density at radius 1 is 1.16 bits per heavy atom. The number of amides is 3. The average molecular weight is 446 g/mol. The fourth-order valence-electron chi connectivity index (χ4n) is 4.00. The van der Waals surface area contributed by atoms with E-state index in [0.717, 1.165) is 24.8 Å². The molecule has 3 rings (SSSR count). The second-order valence-electron chi connectivity index (χ2n) is 8.25. The van der Waals surface area contributed by atoms with Gasteiger partial charge in [-0.1, -0.05) is 30.3 Å². The highest BCUT2D eigenvalue weighted by atomic mass is 16.5. The Balaban J connectivity index is 1.58. The summed E-state index contributed by atoms with van der Waals surface area (Å²) in [5, 5.41) is 8.01. The van der Waals surface area contributed by atoms with E-state index in [1.54, 1.807) is 0 Å². The van der Waals surface area contributed by atoms with Crippen LogP contribution < -0.4 is 16.0 Å². The maximum atomic E-state index is 13.0. The Hall–Kier alpha value is -2.94. The van der Waals surface area contributed by atoms with Gasteiger partial charge in [-0.3, -0.25) is 9.59 Å². The van der Waals surface area contributed by atoms with Gasteiger partial charge in [-0.2, -0.15) is 0 Å². The van der Waals surface area contributed by atoms with E-state index in [4.69, 9.17) is 9.47 Å². The zero-order chi connectivity index (χ0) is 22.8. The predicted molar refractivity (Wildman–Crippen MR) is 115 cm³/mol. The minimum atomic E-state index is -0.916. The molecule has 2 aliphatic heterocycles. The van der Waals surface area contributed by atoms with Crippen molar-refractivity contribution in [1.29, 1.82) is 0 Å². The van der Waals surface area contributed by atoms with E-state index in [1.165, 1.54) is 0 Å². The molecule has 2 saturated heterocycles. The zero-order valence-electron chi connectivity index (χ0n) is 18.1. The molecule has 32 heavy (non-hydrogen) atoms. The third-order valence-corrected chi connectivity index (χ3v) is 5.79. The van der Waals surface area contributed by atoms with Crippen molar-refractivity contribution in [2.24, 2.45) is 5.92 Å². The lowest BCUT2D eigenvalue weighted by molar-refractivity contribution is -0.128. The van der Waals surface area contributed by atoms with Crippen LogP contribution in [0.3, 0.4) is 0 Å². The van der Waals surface area contributed by atoms with Gasteiger partial charge in [-0.05, 0) is 37.7 Å². The van der Waals surface area contributed by atoms with Crippen LogP contribution >= 0.6 is 0 Å². The zero-order valence-corrected chi connectivity index (χ0v) is 18.1. The van der Waals surface area contributed by atoms with Gasteiger partial charge in [0, 0.05) is 25.5 Å². The van der Waals surface area contributed by atoms with Gasteiger partial charge in [0.05, 0.1) is 12.1 Å². The summed E-state index contributed by atoms with van der Waals surface area (Å²) in [4.78, 5) is 48.7. The van der Waals surface area contributed by atoms with E-state index in [9.17, 15) is 19.2 Å². The number of benzene rings is 1. The van der Waals surface area contributed by atoms with Crippen LogP contribution in [-0.2, 0) is 30.5 Å². The van der Waals surface area contributed by atoms with Crippen molar-refractivity contribution in [2.75, 3.05) is 13.2 Å². The van der Waals surface area contributed by atoms with E-state index in [0.29, 0.717) is 25.9 Å². The lowest BCUT2D eigenvalue weighted by Gasteiger charge is -2.27. The molecule has 0 radical (unpaired) electrons. The molecular weight excluding hydrogens is 414 g/mol. The largest absolute Gasteiger partial charge is 0.445 e. The average Bonchev–Trinajstić information content (AvgIpc) is 3.22. The molecule has 0 aromatic heterocycles. The predicted octanol–water partition coefficient (Wildman–Crippen LogP) is 1.45. The van der Waals surface area contributed by atoms with Crippen molar-refractivity contribution in [3.05, 3.63) is 35.9 Å². The number of ether oxygens (including phenoxy) is 2. The molecule has 1 aromatic carbocycles. The van der Waals surface area contributed by atoms with E-state index < -0.39 is 24.1 Å². The van der Waals surface area contributed by atoms with Crippen LogP contribution in [0.1, 0.15) is 44.1 Å². The maximum Gasteiger partial charge on any atom is 0.408 e. The van der Waals surface area contributed by atoms with Crippen LogP contribution in [0.4, 0.5) is 4.79 Å². The van der Waals surface area contributed by atoms with Crippen molar-refractivity contribution in [2.45, 2.75) is 63.3 Å². The monoisotopic (exact) mass is 445 g/mol. The van der Waals surface area contributed by atoms with E-state index in [1.807, 2.05) is 30.3 Å². The molecule has 0 spiro atoms. The lowest BCUT2D eigenvalue weighted by atomic mass is 9.98. The number of hydrogen-bond acceptors (Lipinski definition) is 6. The minimum Gasteiger partial charge on any atom is -0.445 e. The molecule has 1 aromatic rings. The van der Waals surface area contributed by atoms with Crippen LogP contribution in [0.5, 0.6) is 0 Å². The van der Waals surface area contributed by atoms with Crippen LogP contribution in [0.15, 0.2) is 30.3 Å². The summed E-state index contributed by atoms with van der Waals surface area (Å²) in [6.07, 6.45) is 3.64. The third-order valence-electron chi connectivity index (χ3n) is 5.79. The minimum absolute atomic E-state index is 0.0781. The van der Waals surface area contributed by atoms with Crippen LogP contribution in [0.2, 0.25) is 0 Å².